The van der Waals surface area contributed by atoms with Gasteiger partial charge in [0.2, 0.25) is 0 Å². The molecule has 0 atom stereocenters. The SMILES string of the molecule is CC1=CC(C(=O)N2CCOCC2)=CC=C(Nc2cc(-c3ccnc(-n4ccc5cc(C6CC6)cc(F)c5c4=O)c3C=O)cn(C)c2=O)C1. The summed E-state index contributed by atoms with van der Waals surface area (Å²) in [6, 6.07) is 8.22. The lowest BCUT2D eigenvalue weighted by atomic mass is 10.0. The van der Waals surface area contributed by atoms with Crippen molar-refractivity contribution in [2.24, 2.45) is 7.05 Å². The molecule has 1 saturated heterocycles. The van der Waals surface area contributed by atoms with Gasteiger partial charge in [-0.05, 0) is 78.6 Å². The summed E-state index contributed by atoms with van der Waals surface area (Å²) in [6.07, 6.45) is 13.1. The lowest BCUT2D eigenvalue weighted by molar-refractivity contribution is -0.130. The van der Waals surface area contributed by atoms with Crippen LogP contribution in [0.2, 0.25) is 0 Å². The first-order valence-electron chi connectivity index (χ1n) is 15.9. The van der Waals surface area contributed by atoms with Gasteiger partial charge in [-0.1, -0.05) is 17.7 Å². The Labute approximate surface area is 275 Å². The highest BCUT2D eigenvalue weighted by molar-refractivity contribution is 5.97. The van der Waals surface area contributed by atoms with Gasteiger partial charge >= 0.3 is 0 Å². The Kier molecular flexibility index (Phi) is 8.22. The van der Waals surface area contributed by atoms with Crippen molar-refractivity contribution in [2.75, 3.05) is 31.6 Å². The Morgan fingerprint density at radius 2 is 1.88 bits per heavy atom. The van der Waals surface area contributed by atoms with Crippen LogP contribution in [0, 0.1) is 5.82 Å². The average Bonchev–Trinajstić information content (AvgIpc) is 3.95. The molecule has 244 valence electrons. The largest absolute Gasteiger partial charge is 0.378 e. The number of aryl methyl sites for hydroxylation is 1. The number of pyridine rings is 3. The van der Waals surface area contributed by atoms with Gasteiger partial charge in [0.25, 0.3) is 17.0 Å². The van der Waals surface area contributed by atoms with Gasteiger partial charge in [-0.2, -0.15) is 0 Å². The highest BCUT2D eigenvalue weighted by Gasteiger charge is 2.26. The van der Waals surface area contributed by atoms with Crippen molar-refractivity contribution in [1.82, 2.24) is 19.0 Å². The summed E-state index contributed by atoms with van der Waals surface area (Å²) in [7, 11) is 1.61. The van der Waals surface area contributed by atoms with Crippen molar-refractivity contribution in [3.05, 3.63) is 122 Å². The van der Waals surface area contributed by atoms with Crippen LogP contribution in [-0.2, 0) is 16.6 Å². The second-order valence-electron chi connectivity index (χ2n) is 12.5. The number of benzene rings is 1. The number of fused-ring (bicyclic) bond motifs is 1. The van der Waals surface area contributed by atoms with E-state index < -0.39 is 11.4 Å². The first-order chi connectivity index (χ1) is 23.2. The van der Waals surface area contributed by atoms with Crippen molar-refractivity contribution in [1.29, 1.82) is 0 Å². The average molecular weight is 648 g/mol. The molecule has 2 aliphatic carbocycles. The van der Waals surface area contributed by atoms with E-state index in [4.69, 9.17) is 4.74 Å². The van der Waals surface area contributed by atoms with Crippen molar-refractivity contribution >= 4 is 28.7 Å². The summed E-state index contributed by atoms with van der Waals surface area (Å²) in [5.74, 6) is -0.292. The molecule has 0 bridgehead atoms. The molecule has 48 heavy (non-hydrogen) atoms. The van der Waals surface area contributed by atoms with E-state index in [1.54, 1.807) is 48.5 Å². The summed E-state index contributed by atoms with van der Waals surface area (Å²) >= 11 is 0. The minimum absolute atomic E-state index is 0.0540. The van der Waals surface area contributed by atoms with Gasteiger partial charge in [0.05, 0.1) is 24.2 Å². The number of nitrogens with one attached hydrogen (secondary N) is 1. The van der Waals surface area contributed by atoms with E-state index in [1.165, 1.54) is 27.6 Å². The minimum Gasteiger partial charge on any atom is -0.378 e. The summed E-state index contributed by atoms with van der Waals surface area (Å²) in [5, 5.41) is 3.68. The molecular weight excluding hydrogens is 613 g/mol. The second kappa shape index (κ2) is 12.6. The van der Waals surface area contributed by atoms with Crippen LogP contribution in [0.1, 0.15) is 48.0 Å². The molecule has 1 saturated carbocycles. The standard InChI is InChI=1S/C37H34FN5O5/c1-22-15-25(35(45)42-11-13-48-14-12-42)5-6-28(16-22)40-32-19-27(20-41(2)36(32)46)29-7-9-39-34(30(29)21-44)43-10-8-24-17-26(23-3-4-23)18-31(38)33(24)37(43)47/h5-10,15,17-21,23,40H,3-4,11-14,16H2,1-2H3. The first-order valence-corrected chi connectivity index (χ1v) is 15.9. The lowest BCUT2D eigenvalue weighted by Crippen LogP contribution is -2.41. The van der Waals surface area contributed by atoms with Crippen LogP contribution in [-0.4, -0.2) is 57.5 Å². The number of amides is 1. The number of nitrogens with zero attached hydrogens (tertiary/aromatic N) is 4. The number of morpholine rings is 1. The number of aldehydes is 1. The number of aromatic nitrogens is 3. The molecule has 4 aromatic rings. The predicted molar refractivity (Wildman–Crippen MR) is 181 cm³/mol. The van der Waals surface area contributed by atoms with E-state index >= 15 is 4.39 Å². The van der Waals surface area contributed by atoms with Crippen LogP contribution in [0.25, 0.3) is 27.7 Å². The Morgan fingerprint density at radius 1 is 1.08 bits per heavy atom. The molecule has 11 heteroatoms. The zero-order valence-corrected chi connectivity index (χ0v) is 26.7. The predicted octanol–water partition coefficient (Wildman–Crippen LogP) is 5.01. The molecular formula is C37H34FN5O5. The fraction of sp³-hybridized carbons (Fsp3) is 0.270. The Balaban J connectivity index is 1.24. The summed E-state index contributed by atoms with van der Waals surface area (Å²) in [5.41, 5.74) is 3.51. The number of halogens is 1. The Morgan fingerprint density at radius 3 is 2.62 bits per heavy atom. The van der Waals surface area contributed by atoms with Crippen molar-refractivity contribution in [3.63, 3.8) is 0 Å². The van der Waals surface area contributed by atoms with Gasteiger partial charge < -0.3 is 19.5 Å². The van der Waals surface area contributed by atoms with Crippen molar-refractivity contribution in [2.45, 2.75) is 32.1 Å². The van der Waals surface area contributed by atoms with Crippen LogP contribution in [0.4, 0.5) is 10.1 Å². The second-order valence-corrected chi connectivity index (χ2v) is 12.5. The van der Waals surface area contributed by atoms with Gasteiger partial charge in [-0.15, -0.1) is 0 Å². The topological polar surface area (TPSA) is 116 Å². The number of ether oxygens (including phenoxy) is 1. The number of allylic oxidation sites excluding steroid dienone is 3. The van der Waals surface area contributed by atoms with Crippen molar-refractivity contribution in [3.8, 4) is 16.9 Å². The summed E-state index contributed by atoms with van der Waals surface area (Å²) in [4.78, 5) is 58.8. The number of carbonyl (C=O) groups excluding carboxylic acids is 2. The molecule has 0 spiro atoms. The van der Waals surface area contributed by atoms with Crippen molar-refractivity contribution < 1.29 is 18.7 Å². The number of hydrogen-bond acceptors (Lipinski definition) is 7. The molecule has 0 radical (unpaired) electrons. The number of carbonyl (C=O) groups is 2. The maximum Gasteiger partial charge on any atom is 0.273 e. The van der Waals surface area contributed by atoms with E-state index in [2.05, 4.69) is 10.3 Å². The molecule has 1 amide bonds. The number of anilines is 1. The third-order valence-corrected chi connectivity index (χ3v) is 9.01. The molecule has 7 rings (SSSR count). The molecule has 10 nitrogen and oxygen atoms in total. The molecule has 0 unspecified atom stereocenters. The van der Waals surface area contributed by atoms with Gasteiger partial charge in [0.15, 0.2) is 12.1 Å². The highest BCUT2D eigenvalue weighted by Crippen LogP contribution is 2.41. The molecule has 3 aromatic heterocycles. The van der Waals surface area contributed by atoms with E-state index in [9.17, 15) is 19.2 Å². The first kappa shape index (κ1) is 31.2. The quantitative estimate of drug-likeness (QED) is 0.281. The van der Waals surface area contributed by atoms with Gasteiger partial charge in [-0.3, -0.25) is 23.7 Å². The zero-order chi connectivity index (χ0) is 33.5. The smallest absolute Gasteiger partial charge is 0.273 e. The van der Waals surface area contributed by atoms with Gasteiger partial charge in [0, 0.05) is 62.0 Å². The molecule has 3 aliphatic rings. The van der Waals surface area contributed by atoms with Crippen LogP contribution < -0.4 is 16.4 Å². The van der Waals surface area contributed by atoms with E-state index in [1.807, 2.05) is 19.1 Å². The summed E-state index contributed by atoms with van der Waals surface area (Å²) in [6.45, 7) is 4.01. The number of rotatable bonds is 7. The van der Waals surface area contributed by atoms with Crippen LogP contribution in [0.3, 0.4) is 0 Å². The number of hydrogen-bond donors (Lipinski definition) is 1. The summed E-state index contributed by atoms with van der Waals surface area (Å²) < 4.78 is 23.2. The third-order valence-electron chi connectivity index (χ3n) is 9.01. The maximum atomic E-state index is 15.3. The normalized spacial score (nSPS) is 16.6. The van der Waals surface area contributed by atoms with Gasteiger partial charge in [0.1, 0.15) is 11.5 Å². The lowest BCUT2D eigenvalue weighted by Gasteiger charge is -2.27. The Bertz CT molecular complexity index is 2200. The highest BCUT2D eigenvalue weighted by atomic mass is 19.1. The molecule has 1 aliphatic heterocycles. The molecule has 4 heterocycles. The van der Waals surface area contributed by atoms with Gasteiger partial charge in [-0.25, -0.2) is 9.37 Å². The van der Waals surface area contributed by atoms with Crippen LogP contribution in [0.15, 0.2) is 93.6 Å². The zero-order valence-electron chi connectivity index (χ0n) is 26.7. The van der Waals surface area contributed by atoms with Crippen LogP contribution >= 0.6 is 0 Å². The van der Waals surface area contributed by atoms with E-state index in [0.29, 0.717) is 72.7 Å². The van der Waals surface area contributed by atoms with Crippen LogP contribution in [0.5, 0.6) is 0 Å². The minimum atomic E-state index is -0.619. The molecule has 2 fully saturated rings. The Hall–Kier alpha value is -5.42. The maximum absolute atomic E-state index is 15.3. The monoisotopic (exact) mass is 647 g/mol. The molecule has 1 N–H and O–H groups in total. The third kappa shape index (κ3) is 5.93. The molecule has 1 aromatic carbocycles. The fourth-order valence-corrected chi connectivity index (χ4v) is 6.39. The van der Waals surface area contributed by atoms with E-state index in [0.717, 1.165) is 24.0 Å². The van der Waals surface area contributed by atoms with E-state index in [-0.39, 0.29) is 33.9 Å². The fourth-order valence-electron chi connectivity index (χ4n) is 6.39.